The van der Waals surface area contributed by atoms with Crippen LogP contribution in [0.3, 0.4) is 0 Å². The minimum Gasteiger partial charge on any atom is -0.506 e. The summed E-state index contributed by atoms with van der Waals surface area (Å²) in [4.78, 5) is 14.4. The average molecular weight is 353 g/mol. The number of benzene rings is 1. The molecule has 5 nitrogen and oxygen atoms in total. The van der Waals surface area contributed by atoms with Crippen molar-refractivity contribution >= 4 is 23.4 Å². The lowest BCUT2D eigenvalue weighted by Gasteiger charge is -2.40. The highest BCUT2D eigenvalue weighted by Crippen LogP contribution is 2.39. The molecule has 3 rings (SSSR count). The number of fused-ring (bicyclic) bond motifs is 2. The Hall–Kier alpha value is -1.62. The highest BCUT2D eigenvalue weighted by Gasteiger charge is 2.44. The lowest BCUT2D eigenvalue weighted by molar-refractivity contribution is 0.00682. The quantitative estimate of drug-likeness (QED) is 0.775. The maximum absolute atomic E-state index is 12.5. The van der Waals surface area contributed by atoms with Crippen LogP contribution in [0.2, 0.25) is 5.02 Å². The molecule has 1 aromatic carbocycles. The van der Waals surface area contributed by atoms with Gasteiger partial charge in [0.15, 0.2) is 0 Å². The van der Waals surface area contributed by atoms with Crippen LogP contribution in [0.4, 0.5) is 10.5 Å². The van der Waals surface area contributed by atoms with Crippen LogP contribution >= 0.6 is 11.6 Å². The zero-order valence-corrected chi connectivity index (χ0v) is 15.1. The van der Waals surface area contributed by atoms with E-state index in [1.807, 2.05) is 25.7 Å². The molecular weight excluding hydrogens is 328 g/mol. The predicted molar refractivity (Wildman–Crippen MR) is 94.6 cm³/mol. The first-order chi connectivity index (χ1) is 11.2. The molecule has 3 atom stereocenters. The number of piperidine rings is 1. The minimum atomic E-state index is -0.472. The van der Waals surface area contributed by atoms with Crippen LogP contribution in [0.25, 0.3) is 0 Å². The zero-order chi connectivity index (χ0) is 17.5. The second kappa shape index (κ2) is 6.36. The summed E-state index contributed by atoms with van der Waals surface area (Å²) in [7, 11) is 0. The second-order valence-corrected chi connectivity index (χ2v) is 8.18. The largest absolute Gasteiger partial charge is 0.506 e. The summed E-state index contributed by atoms with van der Waals surface area (Å²) in [6.07, 6.45) is 3.53. The number of nitrogens with zero attached hydrogens (tertiary/aromatic N) is 1. The van der Waals surface area contributed by atoms with Gasteiger partial charge in [0.2, 0.25) is 0 Å². The zero-order valence-electron chi connectivity index (χ0n) is 14.4. The summed E-state index contributed by atoms with van der Waals surface area (Å²) in [6, 6.07) is 5.71. The number of aromatic hydroxyl groups is 1. The van der Waals surface area contributed by atoms with E-state index in [-0.39, 0.29) is 30.0 Å². The van der Waals surface area contributed by atoms with Crippen molar-refractivity contribution < 1.29 is 14.6 Å². The number of carbonyl (C=O) groups is 1. The number of carbonyl (C=O) groups excluding carboxylic acids is 1. The summed E-state index contributed by atoms with van der Waals surface area (Å²) in [5.74, 6) is 0.157. The molecule has 0 aliphatic carbocycles. The Bertz CT molecular complexity index is 615. The van der Waals surface area contributed by atoms with Gasteiger partial charge < -0.3 is 20.1 Å². The molecule has 1 amide bonds. The average Bonchev–Trinajstić information content (AvgIpc) is 2.72. The van der Waals surface area contributed by atoms with Crippen LogP contribution in [0.1, 0.15) is 46.5 Å². The second-order valence-electron chi connectivity index (χ2n) is 7.75. The van der Waals surface area contributed by atoms with Gasteiger partial charge in [-0.2, -0.15) is 0 Å². The molecular formula is C18H25ClN2O3. The number of phenolic OH excluding ortho intramolecular Hbond substituents is 1. The summed E-state index contributed by atoms with van der Waals surface area (Å²) >= 11 is 5.88. The molecule has 0 radical (unpaired) electrons. The first-order valence-corrected chi connectivity index (χ1v) is 8.87. The normalized spacial score (nSPS) is 26.3. The van der Waals surface area contributed by atoms with Crippen molar-refractivity contribution in [2.75, 3.05) is 5.32 Å². The topological polar surface area (TPSA) is 61.8 Å². The van der Waals surface area contributed by atoms with E-state index >= 15 is 0 Å². The Morgan fingerprint density at radius 3 is 2.46 bits per heavy atom. The Labute approximate surface area is 147 Å². The van der Waals surface area contributed by atoms with Gasteiger partial charge in [0.05, 0.1) is 5.69 Å². The molecule has 6 heteroatoms. The molecule has 0 spiro atoms. The molecule has 1 aromatic rings. The van der Waals surface area contributed by atoms with Crippen molar-refractivity contribution in [1.82, 2.24) is 4.90 Å². The van der Waals surface area contributed by atoms with Crippen molar-refractivity contribution in [2.45, 2.75) is 70.2 Å². The molecule has 24 heavy (non-hydrogen) atoms. The third-order valence-electron chi connectivity index (χ3n) is 4.66. The molecule has 0 unspecified atom stereocenters. The maximum Gasteiger partial charge on any atom is 0.410 e. The van der Waals surface area contributed by atoms with Gasteiger partial charge in [0.1, 0.15) is 11.4 Å². The van der Waals surface area contributed by atoms with Gasteiger partial charge in [-0.05, 0) is 58.6 Å². The molecule has 2 saturated heterocycles. The number of ether oxygens (including phenoxy) is 1. The van der Waals surface area contributed by atoms with Gasteiger partial charge in [0, 0.05) is 29.2 Å². The molecule has 2 N–H and O–H groups in total. The summed E-state index contributed by atoms with van der Waals surface area (Å²) in [5.41, 5.74) is 0.218. The molecule has 2 fully saturated rings. The lowest BCUT2D eigenvalue weighted by atomic mass is 9.97. The van der Waals surface area contributed by atoms with E-state index < -0.39 is 5.60 Å². The van der Waals surface area contributed by atoms with E-state index in [1.165, 1.54) is 6.07 Å². The molecule has 0 aromatic heterocycles. The fourth-order valence-electron chi connectivity index (χ4n) is 3.75. The number of phenols is 1. The fourth-order valence-corrected chi connectivity index (χ4v) is 3.92. The third kappa shape index (κ3) is 3.72. The highest BCUT2D eigenvalue weighted by atomic mass is 35.5. The first kappa shape index (κ1) is 17.2. The lowest BCUT2D eigenvalue weighted by Crippen LogP contribution is -2.51. The van der Waals surface area contributed by atoms with Crippen LogP contribution in [0.15, 0.2) is 18.2 Å². The van der Waals surface area contributed by atoms with Crippen molar-refractivity contribution in [3.63, 3.8) is 0 Å². The van der Waals surface area contributed by atoms with E-state index in [9.17, 15) is 9.90 Å². The summed E-state index contributed by atoms with van der Waals surface area (Å²) < 4.78 is 5.56. The molecule has 2 aliphatic rings. The molecule has 132 valence electrons. The Balaban J connectivity index is 1.66. The Morgan fingerprint density at radius 2 is 1.92 bits per heavy atom. The van der Waals surface area contributed by atoms with Crippen LogP contribution in [0, 0.1) is 0 Å². The fraction of sp³-hybridized carbons (Fsp3) is 0.611. The summed E-state index contributed by atoms with van der Waals surface area (Å²) in [6.45, 7) is 5.68. The SMILES string of the molecule is CC(C)(C)OC(=O)N1[C@@H]2CC[C@H]1C[C@@H](Nc1ccc(Cl)cc1O)C2. The first-order valence-electron chi connectivity index (χ1n) is 8.49. The molecule has 2 bridgehead atoms. The standard InChI is InChI=1S/C18H25ClN2O3/c1-18(2,3)24-17(23)21-13-5-6-14(21)10-12(9-13)20-15-7-4-11(19)8-16(15)22/h4,7-8,12-14,20,22H,5-6,9-10H2,1-3H3/t12-,13+,14-. The number of anilines is 1. The predicted octanol–water partition coefficient (Wildman–Crippen LogP) is 4.39. The van der Waals surface area contributed by atoms with E-state index in [1.54, 1.807) is 12.1 Å². The Kier molecular flexibility index (Phi) is 4.56. The third-order valence-corrected chi connectivity index (χ3v) is 4.89. The van der Waals surface area contributed by atoms with Gasteiger partial charge >= 0.3 is 6.09 Å². The van der Waals surface area contributed by atoms with E-state index in [0.717, 1.165) is 25.7 Å². The van der Waals surface area contributed by atoms with Gasteiger partial charge in [-0.1, -0.05) is 11.6 Å². The van der Waals surface area contributed by atoms with Crippen molar-refractivity contribution in [1.29, 1.82) is 0 Å². The molecule has 2 heterocycles. The van der Waals surface area contributed by atoms with Gasteiger partial charge in [-0.3, -0.25) is 0 Å². The smallest absolute Gasteiger partial charge is 0.410 e. The summed E-state index contributed by atoms with van der Waals surface area (Å²) in [5, 5.41) is 13.9. The van der Waals surface area contributed by atoms with E-state index in [4.69, 9.17) is 16.3 Å². The molecule has 2 aliphatic heterocycles. The van der Waals surface area contributed by atoms with Crippen LogP contribution in [-0.2, 0) is 4.74 Å². The Morgan fingerprint density at radius 1 is 1.29 bits per heavy atom. The monoisotopic (exact) mass is 352 g/mol. The van der Waals surface area contributed by atoms with Crippen molar-refractivity contribution in [3.05, 3.63) is 23.2 Å². The highest BCUT2D eigenvalue weighted by molar-refractivity contribution is 6.30. The number of rotatable bonds is 2. The van der Waals surface area contributed by atoms with E-state index in [2.05, 4.69) is 5.32 Å². The van der Waals surface area contributed by atoms with Crippen LogP contribution in [-0.4, -0.2) is 39.8 Å². The number of amides is 1. The number of halogens is 1. The van der Waals surface area contributed by atoms with E-state index in [0.29, 0.717) is 10.7 Å². The van der Waals surface area contributed by atoms with Gasteiger partial charge in [0.25, 0.3) is 0 Å². The van der Waals surface area contributed by atoms with Crippen molar-refractivity contribution in [3.8, 4) is 5.75 Å². The molecule has 0 saturated carbocycles. The maximum atomic E-state index is 12.5. The number of hydrogen-bond donors (Lipinski definition) is 2. The number of hydrogen-bond acceptors (Lipinski definition) is 4. The van der Waals surface area contributed by atoms with Crippen molar-refractivity contribution in [2.24, 2.45) is 0 Å². The van der Waals surface area contributed by atoms with Gasteiger partial charge in [-0.15, -0.1) is 0 Å². The number of nitrogens with one attached hydrogen (secondary N) is 1. The van der Waals surface area contributed by atoms with Gasteiger partial charge in [-0.25, -0.2) is 4.79 Å². The minimum absolute atomic E-state index is 0.157. The van der Waals surface area contributed by atoms with Crippen LogP contribution in [0.5, 0.6) is 5.75 Å². The van der Waals surface area contributed by atoms with Crippen LogP contribution < -0.4 is 5.32 Å².